The van der Waals surface area contributed by atoms with E-state index in [1.54, 1.807) is 0 Å². The summed E-state index contributed by atoms with van der Waals surface area (Å²) < 4.78 is 5.69. The second kappa shape index (κ2) is 11.0. The van der Waals surface area contributed by atoms with Crippen LogP contribution in [0.5, 0.6) is 5.75 Å². The number of carbonyl (C=O) groups is 2. The van der Waals surface area contributed by atoms with Gasteiger partial charge >= 0.3 is 0 Å². The van der Waals surface area contributed by atoms with Crippen LogP contribution < -0.4 is 10.1 Å². The predicted molar refractivity (Wildman–Crippen MR) is 124 cm³/mol. The van der Waals surface area contributed by atoms with Crippen LogP contribution in [0.4, 0.5) is 5.69 Å². The average molecular weight is 424 g/mol. The van der Waals surface area contributed by atoms with Crippen LogP contribution in [0, 0.1) is 5.92 Å². The molecule has 0 radical (unpaired) electrons. The number of para-hydroxylation sites is 1. The van der Waals surface area contributed by atoms with Gasteiger partial charge < -0.3 is 15.0 Å². The van der Waals surface area contributed by atoms with E-state index >= 15 is 0 Å². The standard InChI is InChI=1S/C25H33N3O3/c1-4-20-7-5-6-8-23(20)26-24(29)17-27-13-15-28(16-14-27)25(30)21-9-11-22(12-10-21)31-18-19(2)3/h5-12,19H,4,13-18H2,1-3H3,(H,26,29). The van der Waals surface area contributed by atoms with Gasteiger partial charge in [-0.05, 0) is 48.2 Å². The number of benzene rings is 2. The number of hydrogen-bond acceptors (Lipinski definition) is 4. The lowest BCUT2D eigenvalue weighted by molar-refractivity contribution is -0.117. The van der Waals surface area contributed by atoms with E-state index in [1.807, 2.05) is 53.4 Å². The van der Waals surface area contributed by atoms with Gasteiger partial charge in [0.2, 0.25) is 5.91 Å². The van der Waals surface area contributed by atoms with Crippen LogP contribution in [0.1, 0.15) is 36.7 Å². The van der Waals surface area contributed by atoms with Crippen LogP contribution >= 0.6 is 0 Å². The first-order chi connectivity index (χ1) is 15.0. The number of carbonyl (C=O) groups excluding carboxylic acids is 2. The molecule has 6 heteroatoms. The van der Waals surface area contributed by atoms with E-state index in [-0.39, 0.29) is 11.8 Å². The molecule has 1 aliphatic rings. The Morgan fingerprint density at radius 3 is 2.32 bits per heavy atom. The molecule has 3 rings (SSSR count). The SMILES string of the molecule is CCc1ccccc1NC(=O)CN1CCN(C(=O)c2ccc(OCC(C)C)cc2)CC1. The Bertz CT molecular complexity index is 872. The summed E-state index contributed by atoms with van der Waals surface area (Å²) in [5.74, 6) is 1.25. The molecule has 0 spiro atoms. The van der Waals surface area contributed by atoms with Gasteiger partial charge in [0.05, 0.1) is 13.2 Å². The molecule has 166 valence electrons. The second-order valence-corrected chi connectivity index (χ2v) is 8.36. The molecule has 1 saturated heterocycles. The van der Waals surface area contributed by atoms with Gasteiger partial charge in [-0.15, -0.1) is 0 Å². The summed E-state index contributed by atoms with van der Waals surface area (Å²) in [6.07, 6.45) is 0.877. The van der Waals surface area contributed by atoms with E-state index in [9.17, 15) is 9.59 Å². The number of piperazine rings is 1. The van der Waals surface area contributed by atoms with E-state index in [4.69, 9.17) is 4.74 Å². The molecule has 0 atom stereocenters. The van der Waals surface area contributed by atoms with Crippen molar-refractivity contribution in [1.82, 2.24) is 9.80 Å². The molecule has 1 N–H and O–H groups in total. The number of aryl methyl sites for hydroxylation is 1. The second-order valence-electron chi connectivity index (χ2n) is 8.36. The molecule has 1 aliphatic heterocycles. The fraction of sp³-hybridized carbons (Fsp3) is 0.440. The fourth-order valence-electron chi connectivity index (χ4n) is 3.59. The van der Waals surface area contributed by atoms with Gasteiger partial charge in [-0.2, -0.15) is 0 Å². The first-order valence-electron chi connectivity index (χ1n) is 11.1. The van der Waals surface area contributed by atoms with E-state index < -0.39 is 0 Å². The highest BCUT2D eigenvalue weighted by atomic mass is 16.5. The van der Waals surface area contributed by atoms with Crippen LogP contribution in [0.3, 0.4) is 0 Å². The topological polar surface area (TPSA) is 61.9 Å². The summed E-state index contributed by atoms with van der Waals surface area (Å²) in [6, 6.07) is 15.2. The molecule has 2 aromatic rings. The summed E-state index contributed by atoms with van der Waals surface area (Å²) >= 11 is 0. The summed E-state index contributed by atoms with van der Waals surface area (Å²) in [7, 11) is 0. The summed E-state index contributed by atoms with van der Waals surface area (Å²) in [4.78, 5) is 29.2. The lowest BCUT2D eigenvalue weighted by Crippen LogP contribution is -2.50. The minimum absolute atomic E-state index is 0.0161. The van der Waals surface area contributed by atoms with Gasteiger partial charge in [0, 0.05) is 37.4 Å². The maximum Gasteiger partial charge on any atom is 0.253 e. The van der Waals surface area contributed by atoms with Crippen LogP contribution in [0.15, 0.2) is 48.5 Å². The highest BCUT2D eigenvalue weighted by molar-refractivity contribution is 5.94. The van der Waals surface area contributed by atoms with Crippen LogP contribution in [0.25, 0.3) is 0 Å². The summed E-state index contributed by atoms with van der Waals surface area (Å²) in [5, 5.41) is 3.02. The maximum atomic E-state index is 12.8. The lowest BCUT2D eigenvalue weighted by atomic mass is 10.1. The minimum Gasteiger partial charge on any atom is -0.493 e. The van der Waals surface area contributed by atoms with E-state index in [0.717, 1.165) is 23.4 Å². The van der Waals surface area contributed by atoms with Crippen molar-refractivity contribution >= 4 is 17.5 Å². The molecule has 2 aromatic carbocycles. The Morgan fingerprint density at radius 1 is 1.00 bits per heavy atom. The Kier molecular flexibility index (Phi) is 8.06. The monoisotopic (exact) mass is 423 g/mol. The number of ether oxygens (including phenoxy) is 1. The van der Waals surface area contributed by atoms with E-state index in [0.29, 0.717) is 50.8 Å². The van der Waals surface area contributed by atoms with Crippen molar-refractivity contribution in [3.63, 3.8) is 0 Å². The van der Waals surface area contributed by atoms with Crippen molar-refractivity contribution < 1.29 is 14.3 Å². The van der Waals surface area contributed by atoms with Crippen molar-refractivity contribution in [2.24, 2.45) is 5.92 Å². The molecule has 1 heterocycles. The molecule has 1 fully saturated rings. The number of nitrogens with zero attached hydrogens (tertiary/aromatic N) is 2. The zero-order valence-electron chi connectivity index (χ0n) is 18.8. The third-order valence-corrected chi connectivity index (χ3v) is 5.38. The third kappa shape index (κ3) is 6.56. The van der Waals surface area contributed by atoms with Gasteiger partial charge in [-0.25, -0.2) is 0 Å². The lowest BCUT2D eigenvalue weighted by Gasteiger charge is -2.34. The quantitative estimate of drug-likeness (QED) is 0.704. The molecule has 0 unspecified atom stereocenters. The molecule has 0 aliphatic carbocycles. The van der Waals surface area contributed by atoms with Gasteiger partial charge in [0.25, 0.3) is 5.91 Å². The summed E-state index contributed by atoms with van der Waals surface area (Å²) in [6.45, 7) is 9.87. The minimum atomic E-state index is -0.0161. The van der Waals surface area contributed by atoms with Crippen molar-refractivity contribution in [1.29, 1.82) is 0 Å². The molecule has 0 saturated carbocycles. The van der Waals surface area contributed by atoms with Crippen LogP contribution in [-0.4, -0.2) is 60.9 Å². The maximum absolute atomic E-state index is 12.8. The Labute approximate surface area is 185 Å². The Hall–Kier alpha value is -2.86. The van der Waals surface area contributed by atoms with E-state index in [2.05, 4.69) is 31.0 Å². The van der Waals surface area contributed by atoms with E-state index in [1.165, 1.54) is 0 Å². The number of amides is 2. The van der Waals surface area contributed by atoms with Crippen molar-refractivity contribution in [2.75, 3.05) is 44.6 Å². The predicted octanol–water partition coefficient (Wildman–Crippen LogP) is 3.68. The number of anilines is 1. The Morgan fingerprint density at radius 2 is 1.68 bits per heavy atom. The van der Waals surface area contributed by atoms with Crippen LogP contribution in [-0.2, 0) is 11.2 Å². The average Bonchev–Trinajstić information content (AvgIpc) is 2.78. The molecule has 0 aromatic heterocycles. The first-order valence-corrected chi connectivity index (χ1v) is 11.1. The smallest absolute Gasteiger partial charge is 0.253 e. The van der Waals surface area contributed by atoms with Gasteiger partial charge in [-0.1, -0.05) is 39.0 Å². The number of hydrogen-bond donors (Lipinski definition) is 1. The molecule has 31 heavy (non-hydrogen) atoms. The first kappa shape index (κ1) is 22.8. The van der Waals surface area contributed by atoms with Gasteiger partial charge in [0.15, 0.2) is 0 Å². The molecular weight excluding hydrogens is 390 g/mol. The van der Waals surface area contributed by atoms with Crippen molar-refractivity contribution in [2.45, 2.75) is 27.2 Å². The number of nitrogens with one attached hydrogen (secondary N) is 1. The normalized spacial score (nSPS) is 14.5. The zero-order valence-corrected chi connectivity index (χ0v) is 18.8. The zero-order chi connectivity index (χ0) is 22.2. The molecule has 2 amide bonds. The Balaban J connectivity index is 1.46. The number of rotatable bonds is 8. The van der Waals surface area contributed by atoms with Crippen molar-refractivity contribution in [3.8, 4) is 5.75 Å². The highest BCUT2D eigenvalue weighted by Gasteiger charge is 2.23. The van der Waals surface area contributed by atoms with Crippen LogP contribution in [0.2, 0.25) is 0 Å². The molecular formula is C25H33N3O3. The highest BCUT2D eigenvalue weighted by Crippen LogP contribution is 2.17. The molecule has 0 bridgehead atoms. The van der Waals surface area contributed by atoms with Gasteiger partial charge in [-0.3, -0.25) is 14.5 Å². The fourth-order valence-corrected chi connectivity index (χ4v) is 3.59. The molecule has 6 nitrogen and oxygen atoms in total. The largest absolute Gasteiger partial charge is 0.493 e. The van der Waals surface area contributed by atoms with Crippen molar-refractivity contribution in [3.05, 3.63) is 59.7 Å². The summed E-state index contributed by atoms with van der Waals surface area (Å²) in [5.41, 5.74) is 2.68. The third-order valence-electron chi connectivity index (χ3n) is 5.38. The van der Waals surface area contributed by atoms with Gasteiger partial charge in [0.1, 0.15) is 5.75 Å².